The van der Waals surface area contributed by atoms with Crippen molar-refractivity contribution in [2.45, 2.75) is 33.7 Å². The van der Waals surface area contributed by atoms with Gasteiger partial charge < -0.3 is 10.6 Å². The Bertz CT molecular complexity index is 947. The van der Waals surface area contributed by atoms with Gasteiger partial charge in [-0.2, -0.15) is 5.10 Å². The van der Waals surface area contributed by atoms with Crippen molar-refractivity contribution in [2.75, 3.05) is 10.6 Å². The van der Waals surface area contributed by atoms with Gasteiger partial charge >= 0.3 is 6.03 Å². The highest BCUT2D eigenvalue weighted by Crippen LogP contribution is 2.21. The summed E-state index contributed by atoms with van der Waals surface area (Å²) in [5.74, 6) is -0.271. The third kappa shape index (κ3) is 4.34. The molecular formula is C21H23FN4O. The van der Waals surface area contributed by atoms with Gasteiger partial charge in [0.1, 0.15) is 5.82 Å². The van der Waals surface area contributed by atoms with E-state index >= 15 is 0 Å². The van der Waals surface area contributed by atoms with Gasteiger partial charge in [-0.1, -0.05) is 37.3 Å². The summed E-state index contributed by atoms with van der Waals surface area (Å²) in [6.45, 7) is 6.06. The Morgan fingerprint density at radius 2 is 1.78 bits per heavy atom. The number of hydrogen-bond acceptors (Lipinski definition) is 2. The molecule has 0 saturated heterocycles. The quantitative estimate of drug-likeness (QED) is 0.675. The molecule has 0 aliphatic heterocycles. The lowest BCUT2D eigenvalue weighted by Gasteiger charge is -2.09. The summed E-state index contributed by atoms with van der Waals surface area (Å²) >= 11 is 0. The van der Waals surface area contributed by atoms with Gasteiger partial charge in [0.15, 0.2) is 0 Å². The van der Waals surface area contributed by atoms with Crippen LogP contribution in [0, 0.1) is 19.7 Å². The fourth-order valence-corrected chi connectivity index (χ4v) is 2.92. The van der Waals surface area contributed by atoms with Crippen LogP contribution in [0.25, 0.3) is 0 Å². The van der Waals surface area contributed by atoms with E-state index in [1.54, 1.807) is 22.9 Å². The molecule has 140 valence electrons. The zero-order valence-electron chi connectivity index (χ0n) is 15.7. The Kier molecular flexibility index (Phi) is 5.54. The molecule has 3 aromatic rings. The molecule has 0 aliphatic rings. The molecule has 27 heavy (non-hydrogen) atoms. The summed E-state index contributed by atoms with van der Waals surface area (Å²) in [7, 11) is 0. The topological polar surface area (TPSA) is 59.0 Å². The lowest BCUT2D eigenvalue weighted by Crippen LogP contribution is -2.20. The lowest BCUT2D eigenvalue weighted by atomic mass is 10.1. The third-order valence-corrected chi connectivity index (χ3v) is 4.52. The second-order valence-electron chi connectivity index (χ2n) is 6.42. The molecule has 0 atom stereocenters. The fraction of sp³-hybridized carbons (Fsp3) is 0.238. The highest BCUT2D eigenvalue weighted by atomic mass is 19.1. The molecule has 2 aromatic carbocycles. The maximum Gasteiger partial charge on any atom is 0.323 e. The first-order valence-corrected chi connectivity index (χ1v) is 8.92. The highest BCUT2D eigenvalue weighted by molar-refractivity contribution is 6.00. The number of amides is 2. The first kappa shape index (κ1) is 18.6. The zero-order valence-corrected chi connectivity index (χ0v) is 15.7. The number of carbonyl (C=O) groups excluding carboxylic acids is 1. The number of halogens is 1. The molecule has 0 fully saturated rings. The Labute approximate surface area is 158 Å². The Morgan fingerprint density at radius 3 is 2.44 bits per heavy atom. The Morgan fingerprint density at radius 1 is 1.07 bits per heavy atom. The highest BCUT2D eigenvalue weighted by Gasteiger charge is 2.15. The number of urea groups is 1. The van der Waals surface area contributed by atoms with E-state index in [2.05, 4.69) is 22.7 Å². The van der Waals surface area contributed by atoms with E-state index in [4.69, 9.17) is 0 Å². The number of nitrogens with one attached hydrogen (secondary N) is 2. The van der Waals surface area contributed by atoms with Gasteiger partial charge in [-0.05, 0) is 44.0 Å². The number of aromatic nitrogens is 2. The molecule has 0 radical (unpaired) electrons. The molecular weight excluding hydrogens is 343 g/mol. The maximum atomic E-state index is 13.9. The van der Waals surface area contributed by atoms with Crippen molar-refractivity contribution in [1.29, 1.82) is 0 Å². The van der Waals surface area contributed by atoms with Crippen LogP contribution < -0.4 is 10.6 Å². The van der Waals surface area contributed by atoms with E-state index in [-0.39, 0.29) is 11.8 Å². The summed E-state index contributed by atoms with van der Waals surface area (Å²) < 4.78 is 15.6. The van der Waals surface area contributed by atoms with Crippen molar-refractivity contribution >= 4 is 17.4 Å². The number of rotatable bonds is 5. The molecule has 1 heterocycles. The third-order valence-electron chi connectivity index (χ3n) is 4.52. The summed E-state index contributed by atoms with van der Waals surface area (Å²) in [6, 6.07) is 14.0. The number of benzene rings is 2. The zero-order chi connectivity index (χ0) is 19.4. The van der Waals surface area contributed by atoms with Gasteiger partial charge in [0.25, 0.3) is 0 Å². The maximum absolute atomic E-state index is 13.9. The molecule has 0 saturated carbocycles. The smallest absolute Gasteiger partial charge is 0.308 e. The van der Waals surface area contributed by atoms with Crippen molar-refractivity contribution in [1.82, 2.24) is 9.78 Å². The number of nitrogens with zero attached hydrogens (tertiary/aromatic N) is 2. The van der Waals surface area contributed by atoms with Crippen molar-refractivity contribution < 1.29 is 9.18 Å². The normalized spacial score (nSPS) is 10.7. The van der Waals surface area contributed by atoms with Crippen molar-refractivity contribution in [3.63, 3.8) is 0 Å². The van der Waals surface area contributed by atoms with Crippen LogP contribution >= 0.6 is 0 Å². The number of aryl methyl sites for hydroxylation is 2. The average Bonchev–Trinajstić information content (AvgIpc) is 2.91. The van der Waals surface area contributed by atoms with Gasteiger partial charge in [0.05, 0.1) is 23.6 Å². The van der Waals surface area contributed by atoms with Crippen LogP contribution in [0.2, 0.25) is 0 Å². The van der Waals surface area contributed by atoms with E-state index in [9.17, 15) is 9.18 Å². The number of anilines is 2. The minimum atomic E-state index is -0.337. The van der Waals surface area contributed by atoms with Gasteiger partial charge in [-0.3, -0.25) is 4.68 Å². The fourth-order valence-electron chi connectivity index (χ4n) is 2.92. The molecule has 0 spiro atoms. The molecule has 2 amide bonds. The largest absolute Gasteiger partial charge is 0.323 e. The second kappa shape index (κ2) is 8.03. The molecule has 0 bridgehead atoms. The van der Waals surface area contributed by atoms with Gasteiger partial charge in [0.2, 0.25) is 0 Å². The summed E-state index contributed by atoms with van der Waals surface area (Å²) in [5.41, 5.74) is 4.57. The number of carbonyl (C=O) groups is 1. The first-order valence-electron chi connectivity index (χ1n) is 8.92. The Balaban J connectivity index is 1.72. The first-order chi connectivity index (χ1) is 13.0. The molecule has 5 nitrogen and oxygen atoms in total. The molecule has 6 heteroatoms. The Hall–Kier alpha value is -3.15. The molecule has 0 unspecified atom stereocenters. The summed E-state index contributed by atoms with van der Waals surface area (Å²) in [4.78, 5) is 12.3. The molecule has 3 rings (SSSR count). The monoisotopic (exact) mass is 366 g/mol. The molecule has 1 aromatic heterocycles. The molecule has 0 aliphatic carbocycles. The van der Waals surface area contributed by atoms with E-state index in [0.29, 0.717) is 23.5 Å². The van der Waals surface area contributed by atoms with Gasteiger partial charge in [-0.25, -0.2) is 9.18 Å². The van der Waals surface area contributed by atoms with Crippen molar-refractivity contribution in [3.8, 4) is 0 Å². The minimum Gasteiger partial charge on any atom is -0.308 e. The summed E-state index contributed by atoms with van der Waals surface area (Å²) in [5, 5.41) is 10.1. The number of hydrogen-bond donors (Lipinski definition) is 2. The van der Waals surface area contributed by atoms with Crippen molar-refractivity contribution in [2.24, 2.45) is 0 Å². The van der Waals surface area contributed by atoms with Crippen LogP contribution in [-0.4, -0.2) is 15.8 Å². The van der Waals surface area contributed by atoms with Crippen molar-refractivity contribution in [3.05, 3.63) is 76.9 Å². The second-order valence-corrected chi connectivity index (χ2v) is 6.42. The minimum absolute atomic E-state index is 0.271. The predicted molar refractivity (Wildman–Crippen MR) is 106 cm³/mol. The van der Waals surface area contributed by atoms with Crippen LogP contribution in [0.1, 0.15) is 29.4 Å². The van der Waals surface area contributed by atoms with Gasteiger partial charge in [0, 0.05) is 11.3 Å². The summed E-state index contributed by atoms with van der Waals surface area (Å²) in [6.07, 6.45) is 0.950. The average molecular weight is 366 g/mol. The van der Waals surface area contributed by atoms with Crippen LogP contribution in [0.4, 0.5) is 20.6 Å². The van der Waals surface area contributed by atoms with Crippen LogP contribution in [0.3, 0.4) is 0 Å². The van der Waals surface area contributed by atoms with Crippen LogP contribution in [0.15, 0.2) is 48.5 Å². The van der Waals surface area contributed by atoms with E-state index < -0.39 is 0 Å². The standard InChI is InChI=1S/C21H23FN4O/c1-4-16-9-11-18(12-10-16)23-21(27)24-20-14(2)25-26(15(20)3)13-17-7-5-6-8-19(17)22/h5-12H,4,13H2,1-3H3,(H2,23,24,27). The van der Waals surface area contributed by atoms with E-state index in [1.807, 2.05) is 38.1 Å². The van der Waals surface area contributed by atoms with E-state index in [0.717, 1.165) is 17.8 Å². The SMILES string of the molecule is CCc1ccc(NC(=O)Nc2c(C)nn(Cc3ccccc3F)c2C)cc1. The van der Waals surface area contributed by atoms with E-state index in [1.165, 1.54) is 11.6 Å². The predicted octanol–water partition coefficient (Wildman–Crippen LogP) is 4.89. The van der Waals surface area contributed by atoms with Crippen LogP contribution in [0.5, 0.6) is 0 Å². The van der Waals surface area contributed by atoms with Crippen LogP contribution in [-0.2, 0) is 13.0 Å². The lowest BCUT2D eigenvalue weighted by molar-refractivity contribution is 0.262. The van der Waals surface area contributed by atoms with Gasteiger partial charge in [-0.15, -0.1) is 0 Å². The molecule has 2 N–H and O–H groups in total.